The molecule has 6 heteroatoms. The molecule has 0 N–H and O–H groups in total. The van der Waals surface area contributed by atoms with E-state index in [9.17, 15) is 9.59 Å². The molecule has 4 rings (SSSR count). The molecule has 0 bridgehead atoms. The topological polar surface area (TPSA) is 59.1 Å². The molecule has 0 heterocycles. The summed E-state index contributed by atoms with van der Waals surface area (Å²) in [4.78, 5) is 29.6. The van der Waals surface area contributed by atoms with Crippen molar-refractivity contribution >= 4 is 11.8 Å². The molecule has 40 heavy (non-hydrogen) atoms. The summed E-state index contributed by atoms with van der Waals surface area (Å²) in [7, 11) is 0. The van der Waals surface area contributed by atoms with E-state index in [1.54, 1.807) is 9.80 Å². The predicted octanol–water partition coefficient (Wildman–Crippen LogP) is 5.48. The number of nitrogens with zero attached hydrogens (tertiary/aromatic N) is 2. The summed E-state index contributed by atoms with van der Waals surface area (Å²) in [5.74, 6) is -0.193. The zero-order valence-corrected chi connectivity index (χ0v) is 22.7. The molecule has 0 aliphatic rings. The average molecular weight is 537 g/mol. The Hall–Kier alpha value is -4.26. The van der Waals surface area contributed by atoms with Crippen LogP contribution in [0.1, 0.15) is 22.3 Å². The zero-order chi connectivity index (χ0) is 27.8. The Morgan fingerprint density at radius 3 is 0.925 bits per heavy atom. The van der Waals surface area contributed by atoms with E-state index in [0.717, 1.165) is 22.3 Å². The quantitative estimate of drug-likeness (QED) is 0.189. The molecule has 4 aromatic carbocycles. The van der Waals surface area contributed by atoms with Crippen molar-refractivity contribution in [3.8, 4) is 0 Å². The van der Waals surface area contributed by atoms with Crippen molar-refractivity contribution in [3.05, 3.63) is 144 Å². The predicted molar refractivity (Wildman–Crippen MR) is 156 cm³/mol. The largest absolute Gasteiger partial charge is 0.369 e. The molecule has 4 aromatic rings. The van der Waals surface area contributed by atoms with Gasteiger partial charge in [-0.05, 0) is 22.3 Å². The van der Waals surface area contributed by atoms with Gasteiger partial charge in [0.2, 0.25) is 11.8 Å². The van der Waals surface area contributed by atoms with Crippen LogP contribution in [-0.4, -0.2) is 48.0 Å². The maximum atomic E-state index is 13.0. The van der Waals surface area contributed by atoms with Gasteiger partial charge >= 0.3 is 0 Å². The number of carbonyl (C=O) groups excluding carboxylic acids is 2. The van der Waals surface area contributed by atoms with Crippen molar-refractivity contribution in [1.29, 1.82) is 0 Å². The first-order valence-corrected chi connectivity index (χ1v) is 13.5. The maximum Gasteiger partial charge on any atom is 0.249 e. The van der Waals surface area contributed by atoms with Gasteiger partial charge in [-0.1, -0.05) is 121 Å². The Morgan fingerprint density at radius 2 is 0.675 bits per heavy atom. The molecule has 0 atom stereocenters. The fourth-order valence-corrected chi connectivity index (χ4v) is 4.30. The van der Waals surface area contributed by atoms with Crippen LogP contribution in [0.25, 0.3) is 0 Å². The SMILES string of the molecule is O=C(COCCOCC(=O)N(Cc1ccccc1)Cc1ccccc1)N(Cc1ccccc1)Cc1ccccc1. The van der Waals surface area contributed by atoms with E-state index < -0.39 is 0 Å². The molecule has 0 spiro atoms. The minimum Gasteiger partial charge on any atom is -0.369 e. The van der Waals surface area contributed by atoms with E-state index in [2.05, 4.69) is 0 Å². The number of carbonyl (C=O) groups is 2. The normalized spacial score (nSPS) is 10.7. The number of amides is 2. The van der Waals surface area contributed by atoms with Gasteiger partial charge in [0, 0.05) is 26.2 Å². The summed E-state index contributed by atoms with van der Waals surface area (Å²) in [6.07, 6.45) is 0. The third-order valence-electron chi connectivity index (χ3n) is 6.39. The molecule has 0 saturated carbocycles. The van der Waals surface area contributed by atoms with Crippen molar-refractivity contribution in [2.75, 3.05) is 26.4 Å². The molecule has 0 aliphatic heterocycles. The molecule has 0 radical (unpaired) electrons. The van der Waals surface area contributed by atoms with Crippen LogP contribution in [0.15, 0.2) is 121 Å². The first kappa shape index (κ1) is 28.7. The van der Waals surface area contributed by atoms with Gasteiger partial charge in [0.25, 0.3) is 0 Å². The van der Waals surface area contributed by atoms with Gasteiger partial charge in [0.15, 0.2) is 0 Å². The Labute approximate surface area is 236 Å². The minimum absolute atomic E-state index is 0.0505. The van der Waals surface area contributed by atoms with Gasteiger partial charge < -0.3 is 19.3 Å². The molecular formula is C34H36N2O4. The molecule has 2 amide bonds. The second-order valence-corrected chi connectivity index (χ2v) is 9.55. The van der Waals surface area contributed by atoms with E-state index in [0.29, 0.717) is 26.2 Å². The highest BCUT2D eigenvalue weighted by Crippen LogP contribution is 2.12. The molecule has 6 nitrogen and oxygen atoms in total. The van der Waals surface area contributed by atoms with E-state index in [1.165, 1.54) is 0 Å². The van der Waals surface area contributed by atoms with E-state index in [-0.39, 0.29) is 38.2 Å². The van der Waals surface area contributed by atoms with Crippen LogP contribution < -0.4 is 0 Å². The molecule has 206 valence electrons. The van der Waals surface area contributed by atoms with Crippen LogP contribution in [0, 0.1) is 0 Å². The number of benzene rings is 4. The molecule has 0 fully saturated rings. The Bertz CT molecular complexity index is 1100. The van der Waals surface area contributed by atoms with Crippen molar-refractivity contribution in [3.63, 3.8) is 0 Å². The lowest BCUT2D eigenvalue weighted by atomic mass is 10.1. The average Bonchev–Trinajstić information content (AvgIpc) is 3.00. The highest BCUT2D eigenvalue weighted by molar-refractivity contribution is 5.78. The molecule has 0 saturated heterocycles. The maximum absolute atomic E-state index is 13.0. The van der Waals surface area contributed by atoms with Gasteiger partial charge in [-0.3, -0.25) is 9.59 Å². The first-order chi connectivity index (χ1) is 19.7. The van der Waals surface area contributed by atoms with Crippen molar-refractivity contribution < 1.29 is 19.1 Å². The van der Waals surface area contributed by atoms with Gasteiger partial charge in [0.1, 0.15) is 13.2 Å². The lowest BCUT2D eigenvalue weighted by Crippen LogP contribution is -2.34. The molecule has 0 aliphatic carbocycles. The monoisotopic (exact) mass is 536 g/mol. The summed E-state index contributed by atoms with van der Waals surface area (Å²) in [6, 6.07) is 39.7. The second-order valence-electron chi connectivity index (χ2n) is 9.55. The molecule has 0 aromatic heterocycles. The number of hydrogen-bond acceptors (Lipinski definition) is 4. The minimum atomic E-state index is -0.0966. The van der Waals surface area contributed by atoms with Crippen molar-refractivity contribution in [2.45, 2.75) is 26.2 Å². The van der Waals surface area contributed by atoms with Gasteiger partial charge in [0.05, 0.1) is 13.2 Å². The lowest BCUT2D eigenvalue weighted by molar-refractivity contribution is -0.141. The highest BCUT2D eigenvalue weighted by atomic mass is 16.5. The van der Waals surface area contributed by atoms with Crippen LogP contribution in [0.2, 0.25) is 0 Å². The Kier molecular flexibility index (Phi) is 11.5. The number of ether oxygens (including phenoxy) is 2. The molecule has 0 unspecified atom stereocenters. The Morgan fingerprint density at radius 1 is 0.425 bits per heavy atom. The zero-order valence-electron chi connectivity index (χ0n) is 22.7. The lowest BCUT2D eigenvalue weighted by Gasteiger charge is -2.24. The first-order valence-electron chi connectivity index (χ1n) is 13.5. The standard InChI is InChI=1S/C34H36N2O4/c37-33(35(23-29-13-5-1-6-14-29)24-30-15-7-2-8-16-30)27-39-21-22-40-28-34(38)36(25-31-17-9-3-10-18-31)26-32-19-11-4-12-20-32/h1-20H,21-28H2. The van der Waals surface area contributed by atoms with Gasteiger partial charge in [-0.25, -0.2) is 0 Å². The van der Waals surface area contributed by atoms with Crippen molar-refractivity contribution in [1.82, 2.24) is 9.80 Å². The van der Waals surface area contributed by atoms with Gasteiger partial charge in [-0.2, -0.15) is 0 Å². The smallest absolute Gasteiger partial charge is 0.249 e. The summed E-state index contributed by atoms with van der Waals surface area (Å²) in [6.45, 7) is 2.35. The number of hydrogen-bond donors (Lipinski definition) is 0. The number of rotatable bonds is 15. The van der Waals surface area contributed by atoms with Crippen LogP contribution in [-0.2, 0) is 45.2 Å². The van der Waals surface area contributed by atoms with Gasteiger partial charge in [-0.15, -0.1) is 0 Å². The fraction of sp³-hybridized carbons (Fsp3) is 0.235. The highest BCUT2D eigenvalue weighted by Gasteiger charge is 2.17. The third kappa shape index (κ3) is 9.80. The summed E-state index contributed by atoms with van der Waals surface area (Å²) in [5.41, 5.74) is 4.24. The summed E-state index contributed by atoms with van der Waals surface area (Å²) in [5, 5.41) is 0. The van der Waals surface area contributed by atoms with Crippen molar-refractivity contribution in [2.24, 2.45) is 0 Å². The van der Waals surface area contributed by atoms with Crippen LogP contribution in [0.4, 0.5) is 0 Å². The van der Waals surface area contributed by atoms with E-state index in [1.807, 2.05) is 121 Å². The van der Waals surface area contributed by atoms with E-state index in [4.69, 9.17) is 9.47 Å². The van der Waals surface area contributed by atoms with E-state index >= 15 is 0 Å². The summed E-state index contributed by atoms with van der Waals surface area (Å²) >= 11 is 0. The fourth-order valence-electron chi connectivity index (χ4n) is 4.30. The summed E-state index contributed by atoms with van der Waals surface area (Å²) < 4.78 is 11.3. The Balaban J connectivity index is 1.23. The van der Waals surface area contributed by atoms with Crippen LogP contribution in [0.3, 0.4) is 0 Å². The third-order valence-corrected chi connectivity index (χ3v) is 6.39. The second kappa shape index (κ2) is 16.0. The molecular weight excluding hydrogens is 500 g/mol. The van der Waals surface area contributed by atoms with Crippen LogP contribution in [0.5, 0.6) is 0 Å². The van der Waals surface area contributed by atoms with Crippen LogP contribution >= 0.6 is 0 Å².